The molecule has 0 bridgehead atoms. The predicted molar refractivity (Wildman–Crippen MR) is 83.4 cm³/mol. The number of carbonyl (C=O) groups is 1. The Bertz CT molecular complexity index is 672. The van der Waals surface area contributed by atoms with Gasteiger partial charge >= 0.3 is 6.03 Å². The Morgan fingerprint density at radius 3 is 2.73 bits per heavy atom. The summed E-state index contributed by atoms with van der Waals surface area (Å²) in [5, 5.41) is 12.3. The topological polar surface area (TPSA) is 78.4 Å². The standard InChI is InChI=1S/C16H18N4O2/c1-11-6-8-17-15(18-11)12-2-4-13(5-3-12)19-16(22)20-9-7-14(21)10-20/h2-6,8,14,21H,7,9-10H2,1H3,(H,19,22)/t14-/m1/s1. The number of benzene rings is 1. The van der Waals surface area contributed by atoms with E-state index in [-0.39, 0.29) is 6.03 Å². The average Bonchev–Trinajstić information content (AvgIpc) is 2.95. The zero-order valence-electron chi connectivity index (χ0n) is 12.4. The number of aliphatic hydroxyl groups excluding tert-OH is 1. The van der Waals surface area contributed by atoms with Crippen LogP contribution in [-0.4, -0.2) is 45.2 Å². The highest BCUT2D eigenvalue weighted by molar-refractivity contribution is 5.89. The van der Waals surface area contributed by atoms with Crippen LogP contribution >= 0.6 is 0 Å². The van der Waals surface area contributed by atoms with E-state index in [0.717, 1.165) is 11.3 Å². The van der Waals surface area contributed by atoms with Crippen LogP contribution in [0.1, 0.15) is 12.1 Å². The van der Waals surface area contributed by atoms with Crippen LogP contribution in [0, 0.1) is 6.92 Å². The van der Waals surface area contributed by atoms with Crippen LogP contribution in [0.15, 0.2) is 36.5 Å². The highest BCUT2D eigenvalue weighted by Gasteiger charge is 2.24. The third-order valence-electron chi connectivity index (χ3n) is 3.64. The molecule has 1 aromatic carbocycles. The molecule has 6 heteroatoms. The normalized spacial score (nSPS) is 17.5. The van der Waals surface area contributed by atoms with Gasteiger partial charge < -0.3 is 15.3 Å². The average molecular weight is 298 g/mol. The number of hydrogen-bond acceptors (Lipinski definition) is 4. The molecule has 2 amide bonds. The monoisotopic (exact) mass is 298 g/mol. The lowest BCUT2D eigenvalue weighted by atomic mass is 10.2. The zero-order chi connectivity index (χ0) is 15.5. The van der Waals surface area contributed by atoms with Gasteiger partial charge in [-0.15, -0.1) is 0 Å². The van der Waals surface area contributed by atoms with E-state index in [1.165, 1.54) is 0 Å². The van der Waals surface area contributed by atoms with Crippen molar-refractivity contribution in [1.82, 2.24) is 14.9 Å². The Morgan fingerprint density at radius 1 is 1.32 bits per heavy atom. The number of aromatic nitrogens is 2. The lowest BCUT2D eigenvalue weighted by Crippen LogP contribution is -2.33. The SMILES string of the molecule is Cc1ccnc(-c2ccc(NC(=O)N3CC[C@@H](O)C3)cc2)n1. The smallest absolute Gasteiger partial charge is 0.321 e. The van der Waals surface area contributed by atoms with Gasteiger partial charge in [0.25, 0.3) is 0 Å². The Balaban J connectivity index is 1.68. The molecule has 0 spiro atoms. The second kappa shape index (κ2) is 6.11. The number of β-amino-alcohol motifs (C(OH)–C–C–N with tert-alkyl or cyclic N) is 1. The molecule has 0 unspecified atom stereocenters. The lowest BCUT2D eigenvalue weighted by Gasteiger charge is -2.16. The predicted octanol–water partition coefficient (Wildman–Crippen LogP) is 2.05. The van der Waals surface area contributed by atoms with Gasteiger partial charge in [0.15, 0.2) is 5.82 Å². The summed E-state index contributed by atoms with van der Waals surface area (Å²) in [7, 11) is 0. The Hall–Kier alpha value is -2.47. The molecule has 1 atom stereocenters. The fourth-order valence-corrected chi connectivity index (χ4v) is 2.42. The third-order valence-corrected chi connectivity index (χ3v) is 3.64. The number of urea groups is 1. The van der Waals surface area contributed by atoms with Crippen LogP contribution < -0.4 is 5.32 Å². The van der Waals surface area contributed by atoms with Crippen LogP contribution in [0.25, 0.3) is 11.4 Å². The van der Waals surface area contributed by atoms with Gasteiger partial charge in [0, 0.05) is 36.2 Å². The Kier molecular flexibility index (Phi) is 4.02. The number of amides is 2. The molecule has 0 saturated carbocycles. The van der Waals surface area contributed by atoms with Crippen molar-refractivity contribution in [2.75, 3.05) is 18.4 Å². The summed E-state index contributed by atoms with van der Waals surface area (Å²) >= 11 is 0. The van der Waals surface area contributed by atoms with Gasteiger partial charge in [-0.2, -0.15) is 0 Å². The molecule has 2 heterocycles. The number of nitrogens with zero attached hydrogens (tertiary/aromatic N) is 3. The fourth-order valence-electron chi connectivity index (χ4n) is 2.42. The summed E-state index contributed by atoms with van der Waals surface area (Å²) in [6, 6.07) is 9.07. The first-order valence-electron chi connectivity index (χ1n) is 7.26. The Labute approximate surface area is 128 Å². The molecule has 3 rings (SSSR count). The van der Waals surface area contributed by atoms with Gasteiger partial charge in [-0.3, -0.25) is 0 Å². The van der Waals surface area contributed by atoms with Gasteiger partial charge in [-0.1, -0.05) is 0 Å². The summed E-state index contributed by atoms with van der Waals surface area (Å²) in [5.41, 5.74) is 2.52. The maximum atomic E-state index is 12.0. The molecule has 6 nitrogen and oxygen atoms in total. The van der Waals surface area contributed by atoms with E-state index in [0.29, 0.717) is 31.0 Å². The number of rotatable bonds is 2. The highest BCUT2D eigenvalue weighted by atomic mass is 16.3. The van der Waals surface area contributed by atoms with Crippen molar-refractivity contribution < 1.29 is 9.90 Å². The van der Waals surface area contributed by atoms with Crippen LogP contribution in [0.4, 0.5) is 10.5 Å². The van der Waals surface area contributed by atoms with Gasteiger partial charge in [-0.05, 0) is 43.7 Å². The molecule has 114 valence electrons. The largest absolute Gasteiger partial charge is 0.391 e. The first-order valence-corrected chi connectivity index (χ1v) is 7.26. The maximum absolute atomic E-state index is 12.0. The molecule has 1 aliphatic heterocycles. The van der Waals surface area contributed by atoms with Crippen molar-refractivity contribution in [3.8, 4) is 11.4 Å². The number of carbonyl (C=O) groups excluding carboxylic acids is 1. The third kappa shape index (κ3) is 3.23. The second-order valence-electron chi connectivity index (χ2n) is 5.42. The van der Waals surface area contributed by atoms with Gasteiger partial charge in [0.2, 0.25) is 0 Å². The van der Waals surface area contributed by atoms with Crippen molar-refractivity contribution in [3.63, 3.8) is 0 Å². The van der Waals surface area contributed by atoms with Gasteiger partial charge in [0.05, 0.1) is 6.10 Å². The zero-order valence-corrected chi connectivity index (χ0v) is 12.4. The minimum Gasteiger partial charge on any atom is -0.391 e. The van der Waals surface area contributed by atoms with E-state index in [4.69, 9.17) is 0 Å². The highest BCUT2D eigenvalue weighted by Crippen LogP contribution is 2.19. The molecule has 0 radical (unpaired) electrons. The van der Waals surface area contributed by atoms with Crippen molar-refractivity contribution in [3.05, 3.63) is 42.2 Å². The quantitative estimate of drug-likeness (QED) is 0.889. The maximum Gasteiger partial charge on any atom is 0.321 e. The fraction of sp³-hybridized carbons (Fsp3) is 0.312. The van der Waals surface area contributed by atoms with Crippen LogP contribution in [0.2, 0.25) is 0 Å². The number of aryl methyl sites for hydroxylation is 1. The van der Waals surface area contributed by atoms with E-state index in [1.54, 1.807) is 11.1 Å². The number of likely N-dealkylation sites (tertiary alicyclic amines) is 1. The molecule has 0 aliphatic carbocycles. The van der Waals surface area contributed by atoms with E-state index in [1.807, 2.05) is 37.3 Å². The van der Waals surface area contributed by atoms with Gasteiger partial charge in [0.1, 0.15) is 0 Å². The number of anilines is 1. The van der Waals surface area contributed by atoms with Crippen molar-refractivity contribution in [1.29, 1.82) is 0 Å². The van der Waals surface area contributed by atoms with E-state index in [9.17, 15) is 9.90 Å². The number of aliphatic hydroxyl groups is 1. The van der Waals surface area contributed by atoms with Crippen LogP contribution in [0.3, 0.4) is 0 Å². The van der Waals surface area contributed by atoms with E-state index >= 15 is 0 Å². The number of nitrogens with one attached hydrogen (secondary N) is 1. The molecule has 1 aromatic heterocycles. The lowest BCUT2D eigenvalue weighted by molar-refractivity contribution is 0.176. The number of hydrogen-bond donors (Lipinski definition) is 2. The van der Waals surface area contributed by atoms with Crippen LogP contribution in [0.5, 0.6) is 0 Å². The molecule has 2 N–H and O–H groups in total. The molecule has 1 fully saturated rings. The summed E-state index contributed by atoms with van der Waals surface area (Å²) in [5.74, 6) is 0.667. The molecular weight excluding hydrogens is 280 g/mol. The summed E-state index contributed by atoms with van der Waals surface area (Å²) in [6.07, 6.45) is 1.95. The molecular formula is C16H18N4O2. The van der Waals surface area contributed by atoms with E-state index in [2.05, 4.69) is 15.3 Å². The van der Waals surface area contributed by atoms with Gasteiger partial charge in [-0.25, -0.2) is 14.8 Å². The first kappa shape index (κ1) is 14.5. The minimum atomic E-state index is -0.411. The summed E-state index contributed by atoms with van der Waals surface area (Å²) in [4.78, 5) is 22.3. The van der Waals surface area contributed by atoms with Crippen LogP contribution in [-0.2, 0) is 0 Å². The molecule has 1 saturated heterocycles. The summed E-state index contributed by atoms with van der Waals surface area (Å²) < 4.78 is 0. The van der Waals surface area contributed by atoms with Crippen molar-refractivity contribution >= 4 is 11.7 Å². The van der Waals surface area contributed by atoms with Crippen molar-refractivity contribution in [2.24, 2.45) is 0 Å². The molecule has 1 aliphatic rings. The minimum absolute atomic E-state index is 0.184. The van der Waals surface area contributed by atoms with E-state index < -0.39 is 6.10 Å². The molecule has 2 aromatic rings. The molecule has 22 heavy (non-hydrogen) atoms. The first-order chi connectivity index (χ1) is 10.6. The van der Waals surface area contributed by atoms with Crippen molar-refractivity contribution in [2.45, 2.75) is 19.4 Å². The Morgan fingerprint density at radius 2 is 2.09 bits per heavy atom. The second-order valence-corrected chi connectivity index (χ2v) is 5.42. The summed E-state index contributed by atoms with van der Waals surface area (Å²) in [6.45, 7) is 2.90.